The van der Waals surface area contributed by atoms with Gasteiger partial charge in [-0.05, 0) is 42.0 Å². The molecule has 1 heterocycles. The first-order chi connectivity index (χ1) is 10.6. The van der Waals surface area contributed by atoms with Crippen molar-refractivity contribution in [2.45, 2.75) is 0 Å². The first-order valence-corrected chi connectivity index (χ1v) is 7.60. The lowest BCUT2D eigenvalue weighted by atomic mass is 10.2. The van der Waals surface area contributed by atoms with Gasteiger partial charge in [0, 0.05) is 11.1 Å². The molecule has 3 rings (SSSR count). The van der Waals surface area contributed by atoms with Crippen molar-refractivity contribution in [3.05, 3.63) is 64.9 Å². The third-order valence-electron chi connectivity index (χ3n) is 2.86. The molecule has 0 atom stereocenters. The Hall–Kier alpha value is -2.24. The van der Waals surface area contributed by atoms with Crippen LogP contribution in [0.5, 0.6) is 0 Å². The molecule has 2 aromatic carbocycles. The minimum Gasteiger partial charge on any atom is -0.298 e. The van der Waals surface area contributed by atoms with Crippen LogP contribution in [0.4, 0.5) is 9.52 Å². The van der Waals surface area contributed by atoms with Crippen LogP contribution in [0.15, 0.2) is 48.5 Å². The molecule has 0 saturated heterocycles. The van der Waals surface area contributed by atoms with Crippen LogP contribution < -0.4 is 5.32 Å². The minimum atomic E-state index is -0.342. The number of benzene rings is 2. The Morgan fingerprint density at radius 2 is 2.14 bits per heavy atom. The second kappa shape index (κ2) is 6.25. The van der Waals surface area contributed by atoms with Crippen LogP contribution in [0.2, 0.25) is 5.02 Å². The molecule has 22 heavy (non-hydrogen) atoms. The minimum absolute atomic E-state index is 0.325. The van der Waals surface area contributed by atoms with Crippen LogP contribution in [0.1, 0.15) is 5.56 Å². The van der Waals surface area contributed by atoms with E-state index in [1.165, 1.54) is 29.5 Å². The fourth-order valence-electron chi connectivity index (χ4n) is 1.88. The maximum absolute atomic E-state index is 13.0. The van der Waals surface area contributed by atoms with Crippen molar-refractivity contribution < 1.29 is 9.18 Å². The summed E-state index contributed by atoms with van der Waals surface area (Å²) in [7, 11) is 0. The summed E-state index contributed by atoms with van der Waals surface area (Å²) in [5, 5.41) is 3.80. The number of hydrogen-bond donors (Lipinski definition) is 1. The Kier molecular flexibility index (Phi) is 4.18. The highest BCUT2D eigenvalue weighted by Crippen LogP contribution is 2.28. The number of fused-ring (bicyclic) bond motifs is 1. The molecule has 1 aromatic heterocycles. The molecule has 0 fully saturated rings. The fourth-order valence-corrected chi connectivity index (χ4v) is 3.03. The monoisotopic (exact) mass is 332 g/mol. The first kappa shape index (κ1) is 14.7. The van der Waals surface area contributed by atoms with E-state index in [1.807, 2.05) is 0 Å². The lowest BCUT2D eigenvalue weighted by molar-refractivity contribution is -0.111. The Morgan fingerprint density at radius 3 is 2.95 bits per heavy atom. The van der Waals surface area contributed by atoms with E-state index in [1.54, 1.807) is 36.4 Å². The fraction of sp³-hybridized carbons (Fsp3) is 0. The summed E-state index contributed by atoms with van der Waals surface area (Å²) in [6, 6.07) is 11.3. The molecule has 0 unspecified atom stereocenters. The van der Waals surface area contributed by atoms with Crippen molar-refractivity contribution in [1.82, 2.24) is 4.98 Å². The average Bonchev–Trinajstić information content (AvgIpc) is 2.86. The quantitative estimate of drug-likeness (QED) is 0.704. The summed E-state index contributed by atoms with van der Waals surface area (Å²) in [6.45, 7) is 0. The van der Waals surface area contributed by atoms with Gasteiger partial charge in [0.15, 0.2) is 5.13 Å². The van der Waals surface area contributed by atoms with Gasteiger partial charge in [-0.15, -0.1) is 0 Å². The van der Waals surface area contributed by atoms with Crippen LogP contribution in [-0.4, -0.2) is 10.9 Å². The maximum Gasteiger partial charge on any atom is 0.250 e. The normalized spacial score (nSPS) is 11.2. The molecule has 3 aromatic rings. The van der Waals surface area contributed by atoms with Gasteiger partial charge in [-0.2, -0.15) is 0 Å². The van der Waals surface area contributed by atoms with Gasteiger partial charge < -0.3 is 0 Å². The topological polar surface area (TPSA) is 42.0 Å². The lowest BCUT2D eigenvalue weighted by Crippen LogP contribution is -2.07. The number of nitrogens with zero attached hydrogens (tertiary/aromatic N) is 1. The highest BCUT2D eigenvalue weighted by atomic mass is 35.5. The highest BCUT2D eigenvalue weighted by Gasteiger charge is 2.06. The smallest absolute Gasteiger partial charge is 0.250 e. The van der Waals surface area contributed by atoms with Gasteiger partial charge in [0.05, 0.1) is 10.2 Å². The Bertz CT molecular complexity index is 875. The number of aromatic nitrogens is 1. The van der Waals surface area contributed by atoms with Gasteiger partial charge in [0.1, 0.15) is 5.82 Å². The third-order valence-corrected chi connectivity index (χ3v) is 4.03. The Morgan fingerprint density at radius 1 is 1.27 bits per heavy atom. The number of nitrogens with one attached hydrogen (secondary N) is 1. The van der Waals surface area contributed by atoms with Crippen LogP contribution in [0.25, 0.3) is 16.3 Å². The third kappa shape index (κ3) is 3.50. The van der Waals surface area contributed by atoms with Crippen LogP contribution >= 0.6 is 22.9 Å². The van der Waals surface area contributed by atoms with Crippen molar-refractivity contribution in [2.75, 3.05) is 5.32 Å². The van der Waals surface area contributed by atoms with E-state index >= 15 is 0 Å². The molecule has 0 aliphatic rings. The summed E-state index contributed by atoms with van der Waals surface area (Å²) in [4.78, 5) is 16.2. The van der Waals surface area contributed by atoms with Gasteiger partial charge in [-0.25, -0.2) is 9.37 Å². The first-order valence-electron chi connectivity index (χ1n) is 6.41. The van der Waals surface area contributed by atoms with Gasteiger partial charge in [-0.1, -0.05) is 35.1 Å². The highest BCUT2D eigenvalue weighted by molar-refractivity contribution is 7.22. The predicted octanol–water partition coefficient (Wildman–Crippen LogP) is 4.74. The molecule has 1 amide bonds. The summed E-state index contributed by atoms with van der Waals surface area (Å²) < 4.78 is 13.9. The Balaban J connectivity index is 1.72. The summed E-state index contributed by atoms with van der Waals surface area (Å²) in [5.41, 5.74) is 1.39. The van der Waals surface area contributed by atoms with E-state index in [0.717, 1.165) is 10.2 Å². The SMILES string of the molecule is O=C(/C=C/c1cccc(F)c1)Nc1nc2ccc(Cl)cc2s1. The van der Waals surface area contributed by atoms with Crippen molar-refractivity contribution >= 4 is 50.3 Å². The molecule has 0 radical (unpaired) electrons. The number of anilines is 1. The molecule has 6 heteroatoms. The van der Waals surface area contributed by atoms with E-state index in [2.05, 4.69) is 10.3 Å². The number of carbonyl (C=O) groups excluding carboxylic acids is 1. The van der Waals surface area contributed by atoms with E-state index in [0.29, 0.717) is 15.7 Å². The molecule has 0 aliphatic carbocycles. The van der Waals surface area contributed by atoms with Crippen LogP contribution in [0.3, 0.4) is 0 Å². The molecule has 1 N–H and O–H groups in total. The van der Waals surface area contributed by atoms with Crippen LogP contribution in [-0.2, 0) is 4.79 Å². The lowest BCUT2D eigenvalue weighted by Gasteiger charge is -1.96. The molecule has 0 bridgehead atoms. The zero-order chi connectivity index (χ0) is 15.5. The van der Waals surface area contributed by atoms with E-state index in [-0.39, 0.29) is 11.7 Å². The number of rotatable bonds is 3. The predicted molar refractivity (Wildman–Crippen MR) is 88.7 cm³/mol. The molecule has 110 valence electrons. The number of halogens is 2. The zero-order valence-electron chi connectivity index (χ0n) is 11.2. The largest absolute Gasteiger partial charge is 0.298 e. The van der Waals surface area contributed by atoms with Crippen molar-refractivity contribution in [3.8, 4) is 0 Å². The van der Waals surface area contributed by atoms with E-state index in [4.69, 9.17) is 11.6 Å². The van der Waals surface area contributed by atoms with Crippen molar-refractivity contribution in [2.24, 2.45) is 0 Å². The van der Waals surface area contributed by atoms with Gasteiger partial charge >= 0.3 is 0 Å². The standard InChI is InChI=1S/C16H10ClFN2OS/c17-11-5-6-13-14(9-11)22-16(19-13)20-15(21)7-4-10-2-1-3-12(18)8-10/h1-9H,(H,19,20,21)/b7-4+. The summed E-state index contributed by atoms with van der Waals surface area (Å²) in [6.07, 6.45) is 2.89. The van der Waals surface area contributed by atoms with Gasteiger partial charge in [0.25, 0.3) is 0 Å². The second-order valence-electron chi connectivity index (χ2n) is 4.51. The molecule has 0 aliphatic heterocycles. The van der Waals surface area contributed by atoms with Gasteiger partial charge in [-0.3, -0.25) is 10.1 Å². The molecule has 0 saturated carbocycles. The second-order valence-corrected chi connectivity index (χ2v) is 5.98. The van der Waals surface area contributed by atoms with Crippen LogP contribution in [0, 0.1) is 5.82 Å². The average molecular weight is 333 g/mol. The van der Waals surface area contributed by atoms with Gasteiger partial charge in [0.2, 0.25) is 5.91 Å². The molecular weight excluding hydrogens is 323 g/mol. The summed E-state index contributed by atoms with van der Waals surface area (Å²) >= 11 is 7.26. The van der Waals surface area contributed by atoms with E-state index < -0.39 is 0 Å². The number of carbonyl (C=O) groups is 1. The molecule has 3 nitrogen and oxygen atoms in total. The molecule has 0 spiro atoms. The van der Waals surface area contributed by atoms with Crippen molar-refractivity contribution in [1.29, 1.82) is 0 Å². The number of amides is 1. The maximum atomic E-state index is 13.0. The number of thiazole rings is 1. The summed E-state index contributed by atoms with van der Waals surface area (Å²) in [5.74, 6) is -0.667. The zero-order valence-corrected chi connectivity index (χ0v) is 12.8. The Labute approximate surface area is 135 Å². The van der Waals surface area contributed by atoms with Crippen molar-refractivity contribution in [3.63, 3.8) is 0 Å². The molecular formula is C16H10ClFN2OS. The number of hydrogen-bond acceptors (Lipinski definition) is 3. The van der Waals surface area contributed by atoms with E-state index in [9.17, 15) is 9.18 Å².